The Labute approximate surface area is 108 Å². The first-order chi connectivity index (χ1) is 8.15. The molecule has 1 atom stereocenters. The normalized spacial score (nSPS) is 12.4. The highest BCUT2D eigenvalue weighted by molar-refractivity contribution is 7.07. The van der Waals surface area contributed by atoms with Gasteiger partial charge in [0, 0.05) is 18.3 Å². The largest absolute Gasteiger partial charge is 0.399 e. The zero-order chi connectivity index (χ0) is 12.3. The lowest BCUT2D eigenvalue weighted by Gasteiger charge is -2.11. The summed E-state index contributed by atoms with van der Waals surface area (Å²) in [5, 5.41) is 17.0. The number of nitrogens with zero attached hydrogens (tertiary/aromatic N) is 1. The van der Waals surface area contributed by atoms with Crippen molar-refractivity contribution in [2.75, 3.05) is 17.6 Å². The average Bonchev–Trinajstić information content (AvgIpc) is 2.78. The van der Waals surface area contributed by atoms with Gasteiger partial charge in [-0.3, -0.25) is 0 Å². The average molecular weight is 270 g/mol. The van der Waals surface area contributed by atoms with E-state index in [1.807, 2.05) is 16.8 Å². The molecular formula is C11H12ClN3OS. The summed E-state index contributed by atoms with van der Waals surface area (Å²) in [4.78, 5) is 4.05. The predicted molar refractivity (Wildman–Crippen MR) is 71.4 cm³/mol. The van der Waals surface area contributed by atoms with Gasteiger partial charge < -0.3 is 16.2 Å². The quantitative estimate of drug-likeness (QED) is 0.746. The third-order valence-corrected chi connectivity index (χ3v) is 3.12. The van der Waals surface area contributed by atoms with Crippen LogP contribution >= 0.6 is 22.9 Å². The molecule has 90 valence electrons. The molecule has 17 heavy (non-hydrogen) atoms. The minimum Gasteiger partial charge on any atom is -0.399 e. The number of anilines is 2. The van der Waals surface area contributed by atoms with Gasteiger partial charge in [0.1, 0.15) is 11.0 Å². The van der Waals surface area contributed by atoms with Crippen molar-refractivity contribution >= 4 is 34.4 Å². The molecule has 0 saturated heterocycles. The molecule has 6 heteroatoms. The predicted octanol–water partition coefficient (Wildman–Crippen LogP) is 2.52. The molecule has 0 spiro atoms. The number of nitrogen functional groups attached to an aromatic ring is 1. The number of nitrogens with one attached hydrogen (secondary N) is 1. The molecule has 2 heterocycles. The van der Waals surface area contributed by atoms with Crippen molar-refractivity contribution in [1.82, 2.24) is 4.98 Å². The summed E-state index contributed by atoms with van der Waals surface area (Å²) in [6, 6.07) is 5.13. The molecule has 0 bridgehead atoms. The van der Waals surface area contributed by atoms with Gasteiger partial charge in [-0.05, 0) is 28.5 Å². The van der Waals surface area contributed by atoms with E-state index in [0.29, 0.717) is 23.2 Å². The second-order valence-corrected chi connectivity index (χ2v) is 4.73. The van der Waals surface area contributed by atoms with E-state index >= 15 is 0 Å². The summed E-state index contributed by atoms with van der Waals surface area (Å²) in [5.74, 6) is 0.560. The van der Waals surface area contributed by atoms with Crippen molar-refractivity contribution < 1.29 is 5.11 Å². The molecule has 0 amide bonds. The maximum absolute atomic E-state index is 9.86. The molecular weight excluding hydrogens is 258 g/mol. The summed E-state index contributed by atoms with van der Waals surface area (Å²) in [6.45, 7) is 0.365. The van der Waals surface area contributed by atoms with Crippen molar-refractivity contribution in [3.05, 3.63) is 39.7 Å². The Balaban J connectivity index is 1.98. The van der Waals surface area contributed by atoms with Crippen LogP contribution in [0.4, 0.5) is 11.5 Å². The molecule has 0 aromatic carbocycles. The van der Waals surface area contributed by atoms with Gasteiger partial charge in [-0.2, -0.15) is 11.3 Å². The highest BCUT2D eigenvalue weighted by Crippen LogP contribution is 2.19. The smallest absolute Gasteiger partial charge is 0.133 e. The maximum atomic E-state index is 9.86. The Hall–Kier alpha value is -1.30. The monoisotopic (exact) mass is 269 g/mol. The zero-order valence-electron chi connectivity index (χ0n) is 8.93. The summed E-state index contributed by atoms with van der Waals surface area (Å²) in [7, 11) is 0. The van der Waals surface area contributed by atoms with Gasteiger partial charge in [0.2, 0.25) is 0 Å². The minimum atomic E-state index is -0.566. The van der Waals surface area contributed by atoms with Crippen LogP contribution in [-0.4, -0.2) is 16.6 Å². The fraction of sp³-hybridized carbons (Fsp3) is 0.182. The first kappa shape index (κ1) is 12.2. The molecule has 2 aromatic heterocycles. The van der Waals surface area contributed by atoms with Crippen LogP contribution in [0.2, 0.25) is 5.15 Å². The van der Waals surface area contributed by atoms with Gasteiger partial charge in [0.05, 0.1) is 6.10 Å². The van der Waals surface area contributed by atoms with E-state index < -0.39 is 6.10 Å². The second-order valence-electron chi connectivity index (χ2n) is 3.56. The number of pyridine rings is 1. The Morgan fingerprint density at radius 3 is 3.00 bits per heavy atom. The molecule has 4 nitrogen and oxygen atoms in total. The Kier molecular flexibility index (Phi) is 3.83. The standard InChI is InChI=1S/C11H12ClN3OS/c12-10-3-8(13)4-11(15-10)14-5-9(16)7-1-2-17-6-7/h1-4,6,9,16H,5H2,(H3,13,14,15). The van der Waals surface area contributed by atoms with Crippen molar-refractivity contribution in [3.8, 4) is 0 Å². The fourth-order valence-corrected chi connectivity index (χ4v) is 2.32. The number of hydrogen-bond acceptors (Lipinski definition) is 5. The molecule has 0 aliphatic carbocycles. The van der Waals surface area contributed by atoms with E-state index in [4.69, 9.17) is 17.3 Å². The molecule has 0 fully saturated rings. The lowest BCUT2D eigenvalue weighted by Crippen LogP contribution is -2.12. The number of aromatic nitrogens is 1. The fourth-order valence-electron chi connectivity index (χ4n) is 1.39. The van der Waals surface area contributed by atoms with Crippen molar-refractivity contribution in [2.45, 2.75) is 6.10 Å². The summed E-state index contributed by atoms with van der Waals surface area (Å²) < 4.78 is 0. The molecule has 0 saturated carbocycles. The molecule has 2 rings (SSSR count). The van der Waals surface area contributed by atoms with E-state index in [-0.39, 0.29) is 0 Å². The summed E-state index contributed by atoms with van der Waals surface area (Å²) in [6.07, 6.45) is -0.566. The van der Waals surface area contributed by atoms with Crippen LogP contribution in [0.3, 0.4) is 0 Å². The number of hydrogen-bond donors (Lipinski definition) is 3. The van der Waals surface area contributed by atoms with Gasteiger partial charge in [-0.15, -0.1) is 0 Å². The number of halogens is 1. The van der Waals surface area contributed by atoms with Gasteiger partial charge in [-0.25, -0.2) is 4.98 Å². The molecule has 0 radical (unpaired) electrons. The van der Waals surface area contributed by atoms with E-state index in [1.54, 1.807) is 23.5 Å². The van der Waals surface area contributed by atoms with Crippen LogP contribution in [-0.2, 0) is 0 Å². The highest BCUT2D eigenvalue weighted by Gasteiger charge is 2.08. The van der Waals surface area contributed by atoms with Crippen molar-refractivity contribution in [3.63, 3.8) is 0 Å². The van der Waals surface area contributed by atoms with Crippen LogP contribution in [0.25, 0.3) is 0 Å². The number of nitrogens with two attached hydrogens (primary N) is 1. The third-order valence-electron chi connectivity index (χ3n) is 2.22. The minimum absolute atomic E-state index is 0.331. The summed E-state index contributed by atoms with van der Waals surface area (Å²) >= 11 is 7.32. The molecule has 0 aliphatic rings. The maximum Gasteiger partial charge on any atom is 0.133 e. The molecule has 2 aromatic rings. The molecule has 1 unspecified atom stereocenters. The number of aliphatic hydroxyl groups excluding tert-OH is 1. The first-order valence-electron chi connectivity index (χ1n) is 5.02. The SMILES string of the molecule is Nc1cc(Cl)nc(NCC(O)c2ccsc2)c1. The topological polar surface area (TPSA) is 71.2 Å². The summed E-state index contributed by atoms with van der Waals surface area (Å²) in [5.41, 5.74) is 7.06. The number of aliphatic hydroxyl groups is 1. The van der Waals surface area contributed by atoms with Gasteiger partial charge in [0.25, 0.3) is 0 Å². The number of thiophene rings is 1. The third kappa shape index (κ3) is 3.33. The zero-order valence-corrected chi connectivity index (χ0v) is 10.5. The van der Waals surface area contributed by atoms with Crippen molar-refractivity contribution in [2.24, 2.45) is 0 Å². The van der Waals surface area contributed by atoms with Crippen LogP contribution in [0.1, 0.15) is 11.7 Å². The van der Waals surface area contributed by atoms with Gasteiger partial charge in [-0.1, -0.05) is 11.6 Å². The molecule has 0 aliphatic heterocycles. The Morgan fingerprint density at radius 2 is 2.35 bits per heavy atom. The highest BCUT2D eigenvalue weighted by atomic mass is 35.5. The Bertz CT molecular complexity index is 469. The van der Waals surface area contributed by atoms with Crippen LogP contribution in [0.5, 0.6) is 0 Å². The van der Waals surface area contributed by atoms with E-state index in [1.165, 1.54) is 0 Å². The van der Waals surface area contributed by atoms with E-state index in [0.717, 1.165) is 5.56 Å². The van der Waals surface area contributed by atoms with Crippen LogP contribution in [0.15, 0.2) is 29.0 Å². The van der Waals surface area contributed by atoms with Gasteiger partial charge in [0.15, 0.2) is 0 Å². The van der Waals surface area contributed by atoms with Crippen molar-refractivity contribution in [1.29, 1.82) is 0 Å². The van der Waals surface area contributed by atoms with Crippen LogP contribution < -0.4 is 11.1 Å². The number of rotatable bonds is 4. The lowest BCUT2D eigenvalue weighted by molar-refractivity contribution is 0.192. The lowest BCUT2D eigenvalue weighted by atomic mass is 10.2. The molecule has 4 N–H and O–H groups in total. The Morgan fingerprint density at radius 1 is 1.53 bits per heavy atom. The van der Waals surface area contributed by atoms with E-state index in [9.17, 15) is 5.11 Å². The van der Waals surface area contributed by atoms with Crippen LogP contribution in [0, 0.1) is 0 Å². The van der Waals surface area contributed by atoms with E-state index in [2.05, 4.69) is 10.3 Å². The van der Waals surface area contributed by atoms with Gasteiger partial charge >= 0.3 is 0 Å². The second kappa shape index (κ2) is 5.35. The first-order valence-corrected chi connectivity index (χ1v) is 6.34.